The average Bonchev–Trinajstić information content (AvgIpc) is 3.37. The number of nitrogens with zero attached hydrogens (tertiary/aromatic N) is 5. The number of rotatable bonds is 8. The molecule has 6 rings (SSSR count). The highest BCUT2D eigenvalue weighted by molar-refractivity contribution is 5.94. The number of anilines is 1. The monoisotopic (exact) mass is 552 g/mol. The van der Waals surface area contributed by atoms with E-state index in [1.807, 2.05) is 6.20 Å². The van der Waals surface area contributed by atoms with E-state index in [1.165, 1.54) is 27.8 Å². The smallest absolute Gasteiger partial charge is 0.224 e. The third-order valence-corrected chi connectivity index (χ3v) is 9.01. The molecule has 1 saturated carbocycles. The van der Waals surface area contributed by atoms with Crippen LogP contribution in [0.1, 0.15) is 62.3 Å². The molecule has 0 bridgehead atoms. The van der Waals surface area contributed by atoms with Crippen molar-refractivity contribution in [2.45, 2.75) is 77.7 Å². The van der Waals surface area contributed by atoms with Crippen LogP contribution in [0.15, 0.2) is 60.9 Å². The molecule has 0 atom stereocenters. The summed E-state index contributed by atoms with van der Waals surface area (Å²) in [7, 11) is 0. The Hall–Kier alpha value is -3.26. The Morgan fingerprint density at radius 1 is 0.902 bits per heavy atom. The van der Waals surface area contributed by atoms with Crippen molar-refractivity contribution in [3.8, 4) is 11.1 Å². The molecule has 2 aromatic heterocycles. The van der Waals surface area contributed by atoms with Crippen molar-refractivity contribution in [3.63, 3.8) is 0 Å². The van der Waals surface area contributed by atoms with Crippen molar-refractivity contribution in [1.82, 2.24) is 24.3 Å². The number of aliphatic hydroxyl groups is 1. The minimum Gasteiger partial charge on any atom is -0.393 e. The Balaban J connectivity index is 1.23. The molecule has 7 nitrogen and oxygen atoms in total. The SMILES string of the molecule is Cc1ccc(CNc2ncc3c(-c4ccc(CN5CCN(C(C)C)CC5)cc4)cn([C@H]4CC[C@H](O)CC4)c3n2)cc1. The molecule has 216 valence electrons. The Morgan fingerprint density at radius 2 is 1.59 bits per heavy atom. The van der Waals surface area contributed by atoms with E-state index in [4.69, 9.17) is 9.97 Å². The summed E-state index contributed by atoms with van der Waals surface area (Å²) < 4.78 is 2.34. The number of aryl methyl sites for hydroxylation is 1. The lowest BCUT2D eigenvalue weighted by Gasteiger charge is -2.36. The molecule has 3 heterocycles. The van der Waals surface area contributed by atoms with Gasteiger partial charge < -0.3 is 15.0 Å². The second kappa shape index (κ2) is 12.3. The second-order valence-electron chi connectivity index (χ2n) is 12.3. The molecule has 0 radical (unpaired) electrons. The summed E-state index contributed by atoms with van der Waals surface area (Å²) >= 11 is 0. The minimum atomic E-state index is -0.185. The van der Waals surface area contributed by atoms with Gasteiger partial charge in [0.1, 0.15) is 5.65 Å². The maximum atomic E-state index is 10.1. The molecule has 1 saturated heterocycles. The van der Waals surface area contributed by atoms with Gasteiger partial charge in [0.2, 0.25) is 5.95 Å². The molecule has 41 heavy (non-hydrogen) atoms. The van der Waals surface area contributed by atoms with Gasteiger partial charge in [-0.3, -0.25) is 9.80 Å². The van der Waals surface area contributed by atoms with Crippen molar-refractivity contribution in [2.75, 3.05) is 31.5 Å². The quantitative estimate of drug-likeness (QED) is 0.279. The fraction of sp³-hybridized carbons (Fsp3) is 0.471. The van der Waals surface area contributed by atoms with Crippen LogP contribution in [0.5, 0.6) is 0 Å². The zero-order valence-electron chi connectivity index (χ0n) is 24.8. The molecule has 2 N–H and O–H groups in total. The highest BCUT2D eigenvalue weighted by atomic mass is 16.3. The van der Waals surface area contributed by atoms with Crippen molar-refractivity contribution < 1.29 is 5.11 Å². The van der Waals surface area contributed by atoms with E-state index < -0.39 is 0 Å². The average molecular weight is 553 g/mol. The van der Waals surface area contributed by atoms with Gasteiger partial charge in [0.05, 0.1) is 6.10 Å². The van der Waals surface area contributed by atoms with Gasteiger partial charge in [-0.25, -0.2) is 4.98 Å². The molecule has 0 unspecified atom stereocenters. The molecule has 7 heteroatoms. The Morgan fingerprint density at radius 3 is 2.27 bits per heavy atom. The van der Waals surface area contributed by atoms with E-state index in [1.54, 1.807) is 0 Å². The Bertz CT molecular complexity index is 1430. The molecule has 2 fully saturated rings. The summed E-state index contributed by atoms with van der Waals surface area (Å²) in [6, 6.07) is 18.6. The van der Waals surface area contributed by atoms with Crippen LogP contribution in [0, 0.1) is 6.92 Å². The summed E-state index contributed by atoms with van der Waals surface area (Å²) in [5.74, 6) is 0.646. The van der Waals surface area contributed by atoms with Crippen LogP contribution >= 0.6 is 0 Å². The van der Waals surface area contributed by atoms with E-state index in [0.29, 0.717) is 24.6 Å². The van der Waals surface area contributed by atoms with E-state index in [2.05, 4.69) is 95.2 Å². The summed E-state index contributed by atoms with van der Waals surface area (Å²) in [4.78, 5) is 14.9. The van der Waals surface area contributed by atoms with Crippen molar-refractivity contribution in [2.24, 2.45) is 0 Å². The number of benzene rings is 2. The number of fused-ring (bicyclic) bond motifs is 1. The van der Waals surface area contributed by atoms with E-state index >= 15 is 0 Å². The third kappa shape index (κ3) is 6.48. The minimum absolute atomic E-state index is 0.185. The number of hydrogen-bond donors (Lipinski definition) is 2. The molecule has 2 aliphatic rings. The van der Waals surface area contributed by atoms with Gasteiger partial charge in [0.25, 0.3) is 0 Å². The molecule has 2 aromatic carbocycles. The van der Waals surface area contributed by atoms with Gasteiger partial charge in [0.15, 0.2) is 0 Å². The van der Waals surface area contributed by atoms with E-state index in [0.717, 1.165) is 69.4 Å². The summed E-state index contributed by atoms with van der Waals surface area (Å²) in [6.45, 7) is 12.9. The normalized spacial score (nSPS) is 20.6. The second-order valence-corrected chi connectivity index (χ2v) is 12.3. The third-order valence-electron chi connectivity index (χ3n) is 9.01. The lowest BCUT2D eigenvalue weighted by atomic mass is 9.93. The maximum absolute atomic E-state index is 10.1. The van der Waals surface area contributed by atoms with Gasteiger partial charge in [0, 0.05) is 74.7 Å². The Kier molecular flexibility index (Phi) is 8.37. The van der Waals surface area contributed by atoms with Gasteiger partial charge in [-0.2, -0.15) is 4.98 Å². The van der Waals surface area contributed by atoms with Gasteiger partial charge in [-0.15, -0.1) is 0 Å². The van der Waals surface area contributed by atoms with Crippen LogP contribution < -0.4 is 5.32 Å². The van der Waals surface area contributed by atoms with Crippen LogP contribution in [0.2, 0.25) is 0 Å². The molecule has 0 spiro atoms. The molecule has 1 aliphatic heterocycles. The highest BCUT2D eigenvalue weighted by Gasteiger charge is 2.24. The first kappa shape index (κ1) is 27.9. The maximum Gasteiger partial charge on any atom is 0.224 e. The molecule has 1 aliphatic carbocycles. The standard InChI is InChI=1S/C34H44N6O/c1-24(2)39-18-16-38(17-19-39)22-27-8-10-28(11-9-27)32-23-40(29-12-14-30(41)15-13-29)33-31(32)21-36-34(37-33)35-20-26-6-4-25(3)5-7-26/h4-11,21,23-24,29-30,41H,12-20,22H2,1-3H3,(H,35,36,37)/t29-,30-. The van der Waals surface area contributed by atoms with Crippen LogP contribution in [-0.2, 0) is 13.1 Å². The number of hydrogen-bond acceptors (Lipinski definition) is 6. The number of aromatic nitrogens is 3. The van der Waals surface area contributed by atoms with Crippen molar-refractivity contribution in [3.05, 3.63) is 77.6 Å². The van der Waals surface area contributed by atoms with Crippen molar-refractivity contribution >= 4 is 17.0 Å². The van der Waals surface area contributed by atoms with Crippen LogP contribution in [0.3, 0.4) is 0 Å². The first-order chi connectivity index (χ1) is 19.9. The predicted octanol–water partition coefficient (Wildman–Crippen LogP) is 6.02. The largest absolute Gasteiger partial charge is 0.393 e. The molecule has 4 aromatic rings. The summed E-state index contributed by atoms with van der Waals surface area (Å²) in [6.07, 6.45) is 7.66. The fourth-order valence-corrected chi connectivity index (χ4v) is 6.33. The van der Waals surface area contributed by atoms with Crippen LogP contribution in [-0.4, -0.2) is 67.8 Å². The summed E-state index contributed by atoms with van der Waals surface area (Å²) in [5, 5.41) is 14.6. The number of aliphatic hydroxyl groups excluding tert-OH is 1. The van der Waals surface area contributed by atoms with Crippen LogP contribution in [0.25, 0.3) is 22.2 Å². The van der Waals surface area contributed by atoms with Crippen molar-refractivity contribution in [1.29, 1.82) is 0 Å². The number of nitrogens with one attached hydrogen (secondary N) is 1. The van der Waals surface area contributed by atoms with E-state index in [-0.39, 0.29) is 6.10 Å². The van der Waals surface area contributed by atoms with E-state index in [9.17, 15) is 5.11 Å². The lowest BCUT2D eigenvalue weighted by molar-refractivity contribution is 0.104. The predicted molar refractivity (Wildman–Crippen MR) is 167 cm³/mol. The summed E-state index contributed by atoms with van der Waals surface area (Å²) in [5.41, 5.74) is 7.16. The zero-order chi connectivity index (χ0) is 28.3. The first-order valence-corrected chi connectivity index (χ1v) is 15.3. The Labute approximate surface area is 244 Å². The van der Waals surface area contributed by atoms with Crippen LogP contribution in [0.4, 0.5) is 5.95 Å². The zero-order valence-corrected chi connectivity index (χ0v) is 24.8. The lowest BCUT2D eigenvalue weighted by Crippen LogP contribution is -2.48. The molecular formula is C34H44N6O. The fourth-order valence-electron chi connectivity index (χ4n) is 6.33. The highest BCUT2D eigenvalue weighted by Crippen LogP contribution is 2.37. The van der Waals surface area contributed by atoms with Gasteiger partial charge in [-0.05, 0) is 63.1 Å². The first-order valence-electron chi connectivity index (χ1n) is 15.3. The topological polar surface area (TPSA) is 69.5 Å². The molecule has 0 amide bonds. The molecular weight excluding hydrogens is 508 g/mol. The number of piperazine rings is 1. The van der Waals surface area contributed by atoms with Gasteiger partial charge in [-0.1, -0.05) is 54.1 Å². The van der Waals surface area contributed by atoms with Gasteiger partial charge >= 0.3 is 0 Å².